The molecule has 1 saturated heterocycles. The lowest BCUT2D eigenvalue weighted by Crippen LogP contribution is -2.42. The number of hydrogen-bond acceptors (Lipinski definition) is 4. The predicted molar refractivity (Wildman–Crippen MR) is 95.4 cm³/mol. The Morgan fingerprint density at radius 3 is 2.25 bits per heavy atom. The molecule has 2 N–H and O–H groups in total. The summed E-state index contributed by atoms with van der Waals surface area (Å²) in [5.74, 6) is 0.308. The smallest absolute Gasteiger partial charge is 0.423 e. The standard InChI is InChI=1S/C17H22BNO4S/c20-18(21)16-8-6-14(7-9-16)15-10-12-19(13-11-15)24(22,23)17-4-2-1-3-5-17/h1-4,6-9,15,17,20-21H,5,10-13H2. The minimum absolute atomic E-state index is 0.308. The van der Waals surface area contributed by atoms with Crippen molar-refractivity contribution in [1.29, 1.82) is 0 Å². The Morgan fingerprint density at radius 1 is 1.04 bits per heavy atom. The Labute approximate surface area is 143 Å². The van der Waals surface area contributed by atoms with Crippen LogP contribution in [0.1, 0.15) is 30.7 Å². The summed E-state index contributed by atoms with van der Waals surface area (Å²) in [6.07, 6.45) is 9.45. The van der Waals surface area contributed by atoms with E-state index in [-0.39, 0.29) is 0 Å². The molecule has 0 radical (unpaired) electrons. The van der Waals surface area contributed by atoms with Crippen molar-refractivity contribution in [1.82, 2.24) is 4.31 Å². The van der Waals surface area contributed by atoms with Crippen LogP contribution in [-0.2, 0) is 10.0 Å². The van der Waals surface area contributed by atoms with Gasteiger partial charge in [0.05, 0.1) is 5.25 Å². The molecule has 7 heteroatoms. The number of benzene rings is 1. The molecule has 0 spiro atoms. The maximum atomic E-state index is 12.7. The van der Waals surface area contributed by atoms with Gasteiger partial charge in [0.15, 0.2) is 0 Å². The first-order valence-electron chi connectivity index (χ1n) is 8.27. The van der Waals surface area contributed by atoms with E-state index in [2.05, 4.69) is 0 Å². The number of nitrogens with zero attached hydrogens (tertiary/aromatic N) is 1. The van der Waals surface area contributed by atoms with Crippen LogP contribution < -0.4 is 5.46 Å². The second kappa shape index (κ2) is 7.23. The van der Waals surface area contributed by atoms with Gasteiger partial charge in [0, 0.05) is 13.1 Å². The van der Waals surface area contributed by atoms with E-state index in [0.29, 0.717) is 30.9 Å². The van der Waals surface area contributed by atoms with Crippen LogP contribution in [0.25, 0.3) is 0 Å². The van der Waals surface area contributed by atoms with Crippen molar-refractivity contribution in [3.63, 3.8) is 0 Å². The summed E-state index contributed by atoms with van der Waals surface area (Å²) in [5, 5.41) is 17.8. The van der Waals surface area contributed by atoms with Crippen LogP contribution in [0.15, 0.2) is 48.6 Å². The lowest BCUT2D eigenvalue weighted by molar-refractivity contribution is 0.317. The Morgan fingerprint density at radius 2 is 1.71 bits per heavy atom. The summed E-state index contributed by atoms with van der Waals surface area (Å²) in [5.41, 5.74) is 1.59. The van der Waals surface area contributed by atoms with E-state index in [1.54, 1.807) is 28.6 Å². The molecule has 0 aromatic heterocycles. The van der Waals surface area contributed by atoms with Crippen molar-refractivity contribution in [2.24, 2.45) is 0 Å². The minimum Gasteiger partial charge on any atom is -0.423 e. The molecule has 1 unspecified atom stereocenters. The van der Waals surface area contributed by atoms with Gasteiger partial charge in [-0.3, -0.25) is 0 Å². The van der Waals surface area contributed by atoms with Crippen LogP contribution in [0.3, 0.4) is 0 Å². The van der Waals surface area contributed by atoms with Gasteiger partial charge in [-0.15, -0.1) is 0 Å². The van der Waals surface area contributed by atoms with Crippen molar-refractivity contribution < 1.29 is 18.5 Å². The highest BCUT2D eigenvalue weighted by Crippen LogP contribution is 2.30. The van der Waals surface area contributed by atoms with Crippen LogP contribution in [-0.4, -0.2) is 48.2 Å². The Balaban J connectivity index is 1.63. The Bertz CT molecular complexity index is 719. The van der Waals surface area contributed by atoms with Crippen molar-refractivity contribution in [2.45, 2.75) is 30.4 Å². The molecule has 1 heterocycles. The Hall–Kier alpha value is -1.41. The highest BCUT2D eigenvalue weighted by molar-refractivity contribution is 7.89. The summed E-state index contributed by atoms with van der Waals surface area (Å²) in [7, 11) is -4.73. The van der Waals surface area contributed by atoms with Crippen LogP contribution in [0, 0.1) is 0 Å². The van der Waals surface area contributed by atoms with Crippen molar-refractivity contribution in [2.75, 3.05) is 13.1 Å². The van der Waals surface area contributed by atoms with Gasteiger partial charge in [0.1, 0.15) is 0 Å². The van der Waals surface area contributed by atoms with E-state index in [1.165, 1.54) is 0 Å². The summed E-state index contributed by atoms with van der Waals surface area (Å²) < 4.78 is 27.0. The van der Waals surface area contributed by atoms with Gasteiger partial charge in [-0.25, -0.2) is 12.7 Å². The molecular weight excluding hydrogens is 325 g/mol. The predicted octanol–water partition coefficient (Wildman–Crippen LogP) is 0.760. The molecule has 0 bridgehead atoms. The van der Waals surface area contributed by atoms with E-state index < -0.39 is 22.4 Å². The maximum Gasteiger partial charge on any atom is 0.488 e. The van der Waals surface area contributed by atoms with Crippen LogP contribution in [0.5, 0.6) is 0 Å². The normalized spacial score (nSPS) is 22.7. The van der Waals surface area contributed by atoms with Crippen LogP contribution in [0.4, 0.5) is 0 Å². The number of allylic oxidation sites excluding steroid dienone is 3. The molecule has 24 heavy (non-hydrogen) atoms. The number of rotatable bonds is 4. The van der Waals surface area contributed by atoms with Crippen LogP contribution in [0.2, 0.25) is 0 Å². The van der Waals surface area contributed by atoms with Gasteiger partial charge in [-0.2, -0.15) is 0 Å². The molecule has 3 rings (SSSR count). The summed E-state index contributed by atoms with van der Waals surface area (Å²) in [4.78, 5) is 0. The van der Waals surface area contributed by atoms with E-state index in [0.717, 1.165) is 18.4 Å². The monoisotopic (exact) mass is 347 g/mol. The first-order chi connectivity index (χ1) is 11.5. The molecule has 128 valence electrons. The molecule has 1 aromatic rings. The topological polar surface area (TPSA) is 77.8 Å². The first kappa shape index (κ1) is 17.4. The number of piperidine rings is 1. The number of hydrogen-bond donors (Lipinski definition) is 2. The lowest BCUT2D eigenvalue weighted by atomic mass is 9.79. The third-order valence-corrected chi connectivity index (χ3v) is 7.04. The molecule has 0 amide bonds. The molecule has 2 aliphatic rings. The largest absolute Gasteiger partial charge is 0.488 e. The maximum absolute atomic E-state index is 12.7. The van der Waals surface area contributed by atoms with Crippen molar-refractivity contribution in [3.05, 3.63) is 54.1 Å². The fourth-order valence-corrected chi connectivity index (χ4v) is 5.10. The average Bonchev–Trinajstić information content (AvgIpc) is 2.62. The first-order valence-corrected chi connectivity index (χ1v) is 9.77. The molecule has 1 fully saturated rings. The van der Waals surface area contributed by atoms with Gasteiger partial charge >= 0.3 is 7.12 Å². The SMILES string of the molecule is O=S(=O)(C1C=CC=CC1)N1CCC(c2ccc(B(O)O)cc2)CC1. The average molecular weight is 347 g/mol. The zero-order valence-electron chi connectivity index (χ0n) is 13.5. The molecular formula is C17H22BNO4S. The summed E-state index contributed by atoms with van der Waals surface area (Å²) >= 11 is 0. The van der Waals surface area contributed by atoms with Gasteiger partial charge in [0.25, 0.3) is 0 Å². The van der Waals surface area contributed by atoms with E-state index in [4.69, 9.17) is 10.0 Å². The van der Waals surface area contributed by atoms with Crippen LogP contribution >= 0.6 is 0 Å². The van der Waals surface area contributed by atoms with Crippen molar-refractivity contribution >= 4 is 22.6 Å². The quantitative estimate of drug-likeness (QED) is 0.789. The van der Waals surface area contributed by atoms with Gasteiger partial charge in [-0.1, -0.05) is 48.6 Å². The fourth-order valence-electron chi connectivity index (χ4n) is 3.35. The Kier molecular flexibility index (Phi) is 5.25. The van der Waals surface area contributed by atoms with Gasteiger partial charge in [-0.05, 0) is 36.2 Å². The third-order valence-electron chi connectivity index (χ3n) is 4.84. The highest BCUT2D eigenvalue weighted by Gasteiger charge is 2.33. The fraction of sp³-hybridized carbons (Fsp3) is 0.412. The second-order valence-corrected chi connectivity index (χ2v) is 8.50. The molecule has 1 atom stereocenters. The van der Waals surface area contributed by atoms with E-state index in [9.17, 15) is 8.42 Å². The van der Waals surface area contributed by atoms with Gasteiger partial charge < -0.3 is 10.0 Å². The molecule has 1 aliphatic carbocycles. The highest BCUT2D eigenvalue weighted by atomic mass is 32.2. The second-order valence-electron chi connectivity index (χ2n) is 6.35. The molecule has 0 saturated carbocycles. The molecule has 5 nitrogen and oxygen atoms in total. The summed E-state index contributed by atoms with van der Waals surface area (Å²) in [6, 6.07) is 7.22. The van der Waals surface area contributed by atoms with Crippen molar-refractivity contribution in [3.8, 4) is 0 Å². The zero-order valence-corrected chi connectivity index (χ0v) is 14.3. The van der Waals surface area contributed by atoms with E-state index >= 15 is 0 Å². The summed E-state index contributed by atoms with van der Waals surface area (Å²) in [6.45, 7) is 1.07. The zero-order chi connectivity index (χ0) is 17.2. The van der Waals surface area contributed by atoms with Gasteiger partial charge in [0.2, 0.25) is 10.0 Å². The minimum atomic E-state index is -3.28. The number of sulfonamides is 1. The third kappa shape index (κ3) is 3.64. The molecule has 1 aliphatic heterocycles. The lowest BCUT2D eigenvalue weighted by Gasteiger charge is -2.33. The van der Waals surface area contributed by atoms with E-state index in [1.807, 2.05) is 24.3 Å². The molecule has 1 aromatic carbocycles.